The van der Waals surface area contributed by atoms with E-state index in [0.29, 0.717) is 38.2 Å². The van der Waals surface area contributed by atoms with Gasteiger partial charge in [0.2, 0.25) is 5.91 Å². The van der Waals surface area contributed by atoms with Crippen molar-refractivity contribution >= 4 is 17.8 Å². The molecular weight excluding hydrogens is 284 g/mol. The lowest BCUT2D eigenvalue weighted by atomic mass is 10.1. The van der Waals surface area contributed by atoms with E-state index >= 15 is 0 Å². The summed E-state index contributed by atoms with van der Waals surface area (Å²) in [4.78, 5) is 38.0. The van der Waals surface area contributed by atoms with E-state index in [2.05, 4.69) is 0 Å². The summed E-state index contributed by atoms with van der Waals surface area (Å²) < 4.78 is 0. The summed E-state index contributed by atoms with van der Waals surface area (Å²) in [5.74, 6) is -1.22. The lowest BCUT2D eigenvalue weighted by Gasteiger charge is -2.35. The van der Waals surface area contributed by atoms with Crippen LogP contribution >= 0.6 is 0 Å². The number of hydrogen-bond acceptors (Lipinski definition) is 4. The molecule has 6 nitrogen and oxygen atoms in total. The van der Waals surface area contributed by atoms with Gasteiger partial charge in [0.05, 0.1) is 0 Å². The average Bonchev–Trinajstić information content (AvgIpc) is 2.54. The first-order valence-corrected chi connectivity index (χ1v) is 7.40. The number of aliphatic carboxylic acids is 1. The Hall–Kier alpha value is -2.37. The van der Waals surface area contributed by atoms with E-state index in [1.807, 2.05) is 18.2 Å². The van der Waals surface area contributed by atoms with Gasteiger partial charge in [0.15, 0.2) is 0 Å². The van der Waals surface area contributed by atoms with E-state index in [-0.39, 0.29) is 24.7 Å². The van der Waals surface area contributed by atoms with Gasteiger partial charge in [0.25, 0.3) is 5.91 Å². The molecule has 1 aliphatic heterocycles. The van der Waals surface area contributed by atoms with Gasteiger partial charge in [0.1, 0.15) is 0 Å². The largest absolute Gasteiger partial charge is 0.550 e. The molecule has 0 saturated carbocycles. The third kappa shape index (κ3) is 4.31. The molecule has 22 heavy (non-hydrogen) atoms. The molecule has 0 bridgehead atoms. The molecule has 2 rings (SSSR count). The maximum absolute atomic E-state index is 12.3. The van der Waals surface area contributed by atoms with Crippen LogP contribution in [-0.2, 0) is 9.59 Å². The fraction of sp³-hybridized carbons (Fsp3) is 0.438. The highest BCUT2D eigenvalue weighted by molar-refractivity contribution is 5.94. The maximum Gasteiger partial charge on any atom is 0.253 e. The average molecular weight is 303 g/mol. The molecule has 0 unspecified atom stereocenters. The van der Waals surface area contributed by atoms with Crippen LogP contribution in [0.15, 0.2) is 30.3 Å². The van der Waals surface area contributed by atoms with Crippen molar-refractivity contribution in [3.05, 3.63) is 35.9 Å². The van der Waals surface area contributed by atoms with Crippen LogP contribution in [0.5, 0.6) is 0 Å². The zero-order chi connectivity index (χ0) is 15.9. The summed E-state index contributed by atoms with van der Waals surface area (Å²) in [6, 6.07) is 9.06. The van der Waals surface area contributed by atoms with Gasteiger partial charge in [-0.2, -0.15) is 0 Å². The predicted molar refractivity (Wildman–Crippen MR) is 77.8 cm³/mol. The molecule has 0 N–H and O–H groups in total. The number of carbonyl (C=O) groups is 3. The van der Waals surface area contributed by atoms with E-state index in [1.165, 1.54) is 0 Å². The van der Waals surface area contributed by atoms with Gasteiger partial charge in [-0.05, 0) is 25.0 Å². The van der Waals surface area contributed by atoms with E-state index in [1.54, 1.807) is 21.9 Å². The molecule has 2 amide bonds. The highest BCUT2D eigenvalue weighted by Gasteiger charge is 2.24. The van der Waals surface area contributed by atoms with Crippen LogP contribution in [0.3, 0.4) is 0 Å². The lowest BCUT2D eigenvalue weighted by Crippen LogP contribution is -2.50. The molecule has 118 valence electrons. The van der Waals surface area contributed by atoms with Gasteiger partial charge in [-0.3, -0.25) is 9.59 Å². The Labute approximate surface area is 129 Å². The standard InChI is InChI=1S/C16H20N2O4/c19-14(7-4-8-15(20)21)17-9-11-18(12-10-17)16(22)13-5-2-1-3-6-13/h1-3,5-6H,4,7-12H2,(H,20,21)/p-1. The second-order valence-corrected chi connectivity index (χ2v) is 5.26. The minimum absolute atomic E-state index is 0.0235. The van der Waals surface area contributed by atoms with Crippen LogP contribution in [-0.4, -0.2) is 53.8 Å². The third-order valence-corrected chi connectivity index (χ3v) is 3.71. The lowest BCUT2D eigenvalue weighted by molar-refractivity contribution is -0.305. The van der Waals surface area contributed by atoms with Crippen molar-refractivity contribution in [1.82, 2.24) is 9.80 Å². The van der Waals surface area contributed by atoms with Gasteiger partial charge in [-0.1, -0.05) is 18.2 Å². The minimum atomic E-state index is -1.13. The number of carbonyl (C=O) groups excluding carboxylic acids is 3. The van der Waals surface area contributed by atoms with Crippen molar-refractivity contribution in [2.24, 2.45) is 0 Å². The first-order chi connectivity index (χ1) is 10.6. The molecule has 0 aliphatic carbocycles. The molecular formula is C16H19N2O4-. The van der Waals surface area contributed by atoms with Gasteiger partial charge in [-0.25, -0.2) is 0 Å². The summed E-state index contributed by atoms with van der Waals surface area (Å²) in [5.41, 5.74) is 0.649. The van der Waals surface area contributed by atoms with Crippen LogP contribution in [0.2, 0.25) is 0 Å². The molecule has 1 aromatic carbocycles. The van der Waals surface area contributed by atoms with E-state index in [4.69, 9.17) is 0 Å². The fourth-order valence-electron chi connectivity index (χ4n) is 2.46. The molecule has 1 aliphatic rings. The minimum Gasteiger partial charge on any atom is -0.550 e. The second kappa shape index (κ2) is 7.59. The maximum atomic E-state index is 12.3. The first kappa shape index (κ1) is 16.0. The number of carboxylic acid groups (broad SMARTS) is 1. The molecule has 1 aromatic rings. The quantitative estimate of drug-likeness (QED) is 0.760. The molecule has 0 aromatic heterocycles. The van der Waals surface area contributed by atoms with E-state index < -0.39 is 5.97 Å². The number of carboxylic acids is 1. The summed E-state index contributed by atoms with van der Waals surface area (Å²) in [7, 11) is 0. The molecule has 1 fully saturated rings. The van der Waals surface area contributed by atoms with Gasteiger partial charge < -0.3 is 19.7 Å². The first-order valence-electron chi connectivity index (χ1n) is 7.40. The zero-order valence-electron chi connectivity index (χ0n) is 12.4. The van der Waals surface area contributed by atoms with Crippen LogP contribution in [0.4, 0.5) is 0 Å². The van der Waals surface area contributed by atoms with Crippen molar-refractivity contribution in [2.75, 3.05) is 26.2 Å². The normalized spacial score (nSPS) is 14.7. The van der Waals surface area contributed by atoms with E-state index in [0.717, 1.165) is 0 Å². The van der Waals surface area contributed by atoms with Crippen molar-refractivity contribution in [3.63, 3.8) is 0 Å². The van der Waals surface area contributed by atoms with E-state index in [9.17, 15) is 19.5 Å². The molecule has 0 radical (unpaired) electrons. The number of benzene rings is 1. The van der Waals surface area contributed by atoms with Crippen molar-refractivity contribution in [2.45, 2.75) is 19.3 Å². The Morgan fingerprint density at radius 3 is 2.09 bits per heavy atom. The molecule has 1 heterocycles. The summed E-state index contributed by atoms with van der Waals surface area (Å²) in [6.45, 7) is 1.98. The van der Waals surface area contributed by atoms with Gasteiger partial charge in [-0.15, -0.1) is 0 Å². The van der Waals surface area contributed by atoms with Crippen molar-refractivity contribution in [3.8, 4) is 0 Å². The smallest absolute Gasteiger partial charge is 0.253 e. The highest BCUT2D eigenvalue weighted by Crippen LogP contribution is 2.10. The SMILES string of the molecule is O=C([O-])CCCC(=O)N1CCN(C(=O)c2ccccc2)CC1. The monoisotopic (exact) mass is 303 g/mol. The Morgan fingerprint density at radius 2 is 1.50 bits per heavy atom. The molecule has 0 atom stereocenters. The van der Waals surface area contributed by atoms with Crippen LogP contribution in [0.25, 0.3) is 0 Å². The number of rotatable bonds is 5. The van der Waals surface area contributed by atoms with Crippen LogP contribution in [0, 0.1) is 0 Å². The third-order valence-electron chi connectivity index (χ3n) is 3.71. The Balaban J connectivity index is 1.79. The number of piperazine rings is 1. The Morgan fingerprint density at radius 1 is 0.909 bits per heavy atom. The number of nitrogens with zero attached hydrogens (tertiary/aromatic N) is 2. The zero-order valence-corrected chi connectivity index (χ0v) is 12.4. The van der Waals surface area contributed by atoms with Crippen LogP contribution in [0.1, 0.15) is 29.6 Å². The molecule has 1 saturated heterocycles. The van der Waals surface area contributed by atoms with Gasteiger partial charge in [0, 0.05) is 44.1 Å². The summed E-state index contributed by atoms with van der Waals surface area (Å²) >= 11 is 0. The second-order valence-electron chi connectivity index (χ2n) is 5.26. The Kier molecular flexibility index (Phi) is 5.52. The Bertz CT molecular complexity index is 536. The van der Waals surface area contributed by atoms with Crippen LogP contribution < -0.4 is 5.11 Å². The summed E-state index contributed by atoms with van der Waals surface area (Å²) in [5, 5.41) is 10.3. The number of hydrogen-bond donors (Lipinski definition) is 0. The summed E-state index contributed by atoms with van der Waals surface area (Å²) in [6.07, 6.45) is 0.406. The fourth-order valence-corrected chi connectivity index (χ4v) is 2.46. The molecule has 0 spiro atoms. The predicted octanol–water partition coefficient (Wildman–Crippen LogP) is -0.109. The van der Waals surface area contributed by atoms with Crippen molar-refractivity contribution < 1.29 is 19.5 Å². The number of amides is 2. The van der Waals surface area contributed by atoms with Crippen molar-refractivity contribution in [1.29, 1.82) is 0 Å². The highest BCUT2D eigenvalue weighted by atomic mass is 16.4. The van der Waals surface area contributed by atoms with Gasteiger partial charge >= 0.3 is 0 Å². The topological polar surface area (TPSA) is 80.8 Å². The molecule has 6 heteroatoms.